The van der Waals surface area contributed by atoms with E-state index in [4.69, 9.17) is 56.8 Å². The Morgan fingerprint density at radius 1 is 0.460 bits per heavy atom. The summed E-state index contributed by atoms with van der Waals surface area (Å²) in [5, 5.41) is 19.0. The number of hydrogen-bond donors (Lipinski definition) is 2. The molecule has 6 aliphatic rings. The van der Waals surface area contributed by atoms with Gasteiger partial charge >= 0.3 is 29.0 Å². The number of fused-ring (bicyclic) bond motifs is 12. The summed E-state index contributed by atoms with van der Waals surface area (Å²) in [6, 6.07) is 43.7. The molecule has 3 aromatic heterocycles. The molecule has 0 spiro atoms. The second kappa shape index (κ2) is 27.8. The number of phenols is 1. The number of phenolic OH excluding ortho intramolecular Hbond substituents is 1. The zero-order valence-corrected chi connectivity index (χ0v) is 56.1. The molecule has 3 atom stereocenters. The van der Waals surface area contributed by atoms with Crippen LogP contribution in [0.5, 0.6) is 69.4 Å². The van der Waals surface area contributed by atoms with E-state index in [1.54, 1.807) is 70.0 Å². The first-order valence-electron chi connectivity index (χ1n) is 32.8. The number of carbonyl (C=O) groups excluding carboxylic acids is 1. The Morgan fingerprint density at radius 3 is 1.16 bits per heavy atom. The maximum Gasteiger partial charge on any atom is 0.351 e. The average Bonchev–Trinajstić information content (AvgIpc) is 0.779. The molecule has 0 bridgehead atoms. The second-order valence-corrected chi connectivity index (χ2v) is 26.4. The quantitative estimate of drug-likeness (QED) is 0.0903. The molecule has 25 nitrogen and oxygen atoms in total. The minimum absolute atomic E-state index is 0.175. The first-order chi connectivity index (χ1) is 47.9. The third-order valence-electron chi connectivity index (χ3n) is 17.0. The molecule has 3 unspecified atom stereocenters. The van der Waals surface area contributed by atoms with Crippen LogP contribution in [0.2, 0.25) is 0 Å². The first-order valence-corrected chi connectivity index (χ1v) is 32.8. The molecule has 518 valence electrons. The highest BCUT2D eigenvalue weighted by atomic mass is 16.6. The minimum Gasteiger partial charge on any atom is -0.508 e. The number of aromatic hydroxyl groups is 1. The third-order valence-corrected chi connectivity index (χ3v) is 17.0. The zero-order chi connectivity index (χ0) is 70.0. The highest BCUT2D eigenvalue weighted by Crippen LogP contribution is 2.39. The van der Waals surface area contributed by atoms with Gasteiger partial charge in [0.15, 0.2) is 64.0 Å². The first kappa shape index (κ1) is 67.1. The van der Waals surface area contributed by atoms with Crippen molar-refractivity contribution in [1.29, 1.82) is 0 Å². The molecule has 6 aromatic carbocycles. The number of benzene rings is 6. The van der Waals surface area contributed by atoms with Crippen LogP contribution in [0.25, 0.3) is 33.8 Å². The van der Waals surface area contributed by atoms with Crippen LogP contribution in [-0.4, -0.2) is 126 Å². The number of esters is 1. The van der Waals surface area contributed by atoms with Gasteiger partial charge in [-0.2, -0.15) is 15.0 Å². The Hall–Kier alpha value is -11.5. The number of carbonyl (C=O) groups is 2. The van der Waals surface area contributed by atoms with Crippen molar-refractivity contribution in [3.63, 3.8) is 0 Å². The molecule has 0 saturated carbocycles. The number of para-hydroxylation sites is 6. The molecule has 9 aromatic rings. The topological polar surface area (TPSA) is 290 Å². The van der Waals surface area contributed by atoms with Crippen LogP contribution in [0, 0.1) is 0 Å². The molecule has 0 aliphatic carbocycles. The van der Waals surface area contributed by atoms with Gasteiger partial charge < -0.3 is 67.1 Å². The van der Waals surface area contributed by atoms with Gasteiger partial charge in [-0.25, -0.2) is 24.0 Å². The third kappa shape index (κ3) is 15.1. The van der Waals surface area contributed by atoms with Crippen molar-refractivity contribution in [2.75, 3.05) is 39.6 Å². The summed E-state index contributed by atoms with van der Waals surface area (Å²) in [6.07, 6.45) is 0.943. The number of hydrogen-bond acceptors (Lipinski definition) is 21. The molecule has 0 radical (unpaired) electrons. The molecule has 100 heavy (non-hydrogen) atoms. The van der Waals surface area contributed by atoms with Crippen molar-refractivity contribution in [3.8, 4) is 103 Å². The van der Waals surface area contributed by atoms with E-state index in [-0.39, 0.29) is 72.9 Å². The lowest BCUT2D eigenvalue weighted by molar-refractivity contribution is -0.171. The van der Waals surface area contributed by atoms with Gasteiger partial charge in [-0.15, -0.1) is 0 Å². The summed E-state index contributed by atoms with van der Waals surface area (Å²) >= 11 is 0. The van der Waals surface area contributed by atoms with Crippen LogP contribution < -0.4 is 69.2 Å². The fourth-order valence-corrected chi connectivity index (χ4v) is 12.0. The average molecular weight is 1360 g/mol. The van der Waals surface area contributed by atoms with Gasteiger partial charge in [-0.1, -0.05) is 36.4 Å². The lowest BCUT2D eigenvalue weighted by atomic mass is 9.97. The number of nitrogens with zero attached hydrogens (tertiary/aromatic N) is 6. The molecular formula is C75H74N6O19. The van der Waals surface area contributed by atoms with Gasteiger partial charge in [-0.3, -0.25) is 13.7 Å². The summed E-state index contributed by atoms with van der Waals surface area (Å²) in [5.41, 5.74) is 3.48. The van der Waals surface area contributed by atoms with E-state index in [0.29, 0.717) is 116 Å². The van der Waals surface area contributed by atoms with Crippen LogP contribution in [-0.2, 0) is 53.2 Å². The Morgan fingerprint density at radius 2 is 0.800 bits per heavy atom. The fraction of sp³-hybridized carbons (Fsp3) is 0.333. The number of aromatic nitrogens is 6. The van der Waals surface area contributed by atoms with Crippen molar-refractivity contribution in [2.45, 2.75) is 122 Å². The number of aliphatic carboxylic acids is 1. The van der Waals surface area contributed by atoms with Crippen molar-refractivity contribution >= 4 is 11.9 Å². The number of aryl methyl sites for hydroxylation is 3. The Bertz CT molecular complexity index is 4790. The van der Waals surface area contributed by atoms with E-state index in [1.165, 1.54) is 13.8 Å². The number of rotatable bonds is 15. The van der Waals surface area contributed by atoms with E-state index in [0.717, 1.165) is 39.1 Å². The minimum atomic E-state index is -1.35. The highest BCUT2D eigenvalue weighted by molar-refractivity contribution is 5.80. The monoisotopic (exact) mass is 1360 g/mol. The largest absolute Gasteiger partial charge is 0.508 e. The fourth-order valence-electron chi connectivity index (χ4n) is 12.0. The highest BCUT2D eigenvalue weighted by Gasteiger charge is 2.36. The van der Waals surface area contributed by atoms with Gasteiger partial charge in [0.2, 0.25) is 17.6 Å². The predicted octanol–water partition coefficient (Wildman–Crippen LogP) is 9.50. The molecule has 6 aliphatic heterocycles. The van der Waals surface area contributed by atoms with Crippen molar-refractivity contribution in [1.82, 2.24) is 28.7 Å². The van der Waals surface area contributed by atoms with E-state index >= 15 is 0 Å². The van der Waals surface area contributed by atoms with Gasteiger partial charge in [0, 0.05) is 54.5 Å². The SMILES string of the molecule is CC(C)(C)OC(=O)C(C)(C)Oc1ccc2c(c1)CCn1c-2cc(OCC2COc3ccccc3O2)nc1=O.CC(C)(Oc1ccc2c(c1)CCn1c-2cc(OCC2COc3ccccc3O2)nc1=O)C(=O)O.O=c1nc(OCC2COc3ccccc3O2)cc2n1CCc1cc(O)ccc1-2. The van der Waals surface area contributed by atoms with Crippen LogP contribution in [0.4, 0.5) is 0 Å². The van der Waals surface area contributed by atoms with Crippen molar-refractivity contribution in [3.05, 3.63) is 194 Å². The summed E-state index contributed by atoms with van der Waals surface area (Å²) in [4.78, 5) is 74.1. The summed E-state index contributed by atoms with van der Waals surface area (Å²) < 4.78 is 74.4. The van der Waals surface area contributed by atoms with Gasteiger partial charge in [0.25, 0.3) is 0 Å². The standard InChI is InChI=1S/C29H32N2O7.C25H24N2O7.C21H18N2O5/c1-28(2,3)38-26(32)29(4,5)37-19-10-11-21-18(14-19)12-13-31-22(21)15-25(30-27(31)33)35-17-20-16-34-23-8-6-7-9-24(23)36-20;1-25(2,23(28)29)34-16-7-8-18-15(11-16)9-10-27-19(18)12-22(26-24(27)30)32-14-17-13-31-20-5-3-4-6-21(20)33-17;24-14-5-6-16-13(9-14)7-8-23-17(16)10-20(22-21(23)25)27-12-15-11-26-18-3-1-2-4-19(18)28-15/h6-11,14-15,20H,12-13,16-17H2,1-5H3;3-8,11-12,17H,9-10,13-14H2,1-2H3,(H,28,29);1-6,9-10,15,24H,7-8,11-12H2. The van der Waals surface area contributed by atoms with Gasteiger partial charge in [0.1, 0.15) is 62.5 Å². The summed E-state index contributed by atoms with van der Waals surface area (Å²) in [6.45, 7) is 14.9. The van der Waals surface area contributed by atoms with Crippen LogP contribution >= 0.6 is 0 Å². The van der Waals surface area contributed by atoms with Crippen LogP contribution in [0.15, 0.2) is 160 Å². The lowest BCUT2D eigenvalue weighted by Gasteiger charge is -2.30. The molecule has 2 N–H and O–H groups in total. The smallest absolute Gasteiger partial charge is 0.351 e. The van der Waals surface area contributed by atoms with Crippen molar-refractivity contribution < 1.29 is 76.6 Å². The van der Waals surface area contributed by atoms with Crippen LogP contribution in [0.1, 0.15) is 65.2 Å². The van der Waals surface area contributed by atoms with E-state index in [2.05, 4.69) is 15.0 Å². The maximum absolute atomic E-state index is 12.8. The molecular weight excluding hydrogens is 1290 g/mol. The lowest BCUT2D eigenvalue weighted by Crippen LogP contribution is -2.43. The van der Waals surface area contributed by atoms with E-state index in [9.17, 15) is 34.2 Å². The number of carboxylic acids is 1. The van der Waals surface area contributed by atoms with Gasteiger partial charge in [-0.05, 0) is 175 Å². The maximum atomic E-state index is 12.8. The van der Waals surface area contributed by atoms with Crippen LogP contribution in [0.3, 0.4) is 0 Å². The second-order valence-electron chi connectivity index (χ2n) is 26.4. The van der Waals surface area contributed by atoms with E-state index < -0.39 is 34.4 Å². The molecule has 0 amide bonds. The molecule has 0 fully saturated rings. The number of carboxylic acid groups (broad SMARTS) is 1. The predicted molar refractivity (Wildman–Crippen MR) is 363 cm³/mol. The zero-order valence-electron chi connectivity index (χ0n) is 56.1. The summed E-state index contributed by atoms with van der Waals surface area (Å²) in [5.74, 6) is 4.51. The molecule has 25 heteroatoms. The van der Waals surface area contributed by atoms with E-state index in [1.807, 2.05) is 124 Å². The molecule has 15 rings (SSSR count). The van der Waals surface area contributed by atoms with Gasteiger partial charge in [0.05, 0.1) is 17.1 Å². The van der Waals surface area contributed by atoms with Crippen molar-refractivity contribution in [2.24, 2.45) is 0 Å². The molecule has 9 heterocycles. The molecule has 0 saturated heterocycles. The normalized spacial score (nSPS) is 16.4. The Balaban J connectivity index is 0.000000136. The Labute approximate surface area is 573 Å². The number of ether oxygens (including phenoxy) is 12. The summed E-state index contributed by atoms with van der Waals surface area (Å²) in [7, 11) is 0. The Kier molecular flexibility index (Phi) is 18.6.